The molecule has 0 amide bonds. The summed E-state index contributed by atoms with van der Waals surface area (Å²) in [5.41, 5.74) is 2.06. The van der Waals surface area contributed by atoms with E-state index in [9.17, 15) is 0 Å². The van der Waals surface area contributed by atoms with Crippen LogP contribution in [0.1, 0.15) is 13.3 Å². The first kappa shape index (κ1) is 11.7. The van der Waals surface area contributed by atoms with Gasteiger partial charge in [-0.25, -0.2) is 0 Å². The molecule has 0 bridgehead atoms. The Labute approximate surface area is 111 Å². The van der Waals surface area contributed by atoms with Gasteiger partial charge in [-0.05, 0) is 37.7 Å². The van der Waals surface area contributed by atoms with Crippen molar-refractivity contribution in [2.75, 3.05) is 20.3 Å². The molecule has 96 valence electrons. The molecule has 18 heavy (non-hydrogen) atoms. The fourth-order valence-corrected chi connectivity index (χ4v) is 3.01. The molecule has 2 heterocycles. The van der Waals surface area contributed by atoms with Crippen LogP contribution < -0.4 is 4.74 Å². The number of imidazole rings is 1. The molecule has 0 radical (unpaired) electrons. The van der Waals surface area contributed by atoms with Crippen LogP contribution in [0.2, 0.25) is 0 Å². The zero-order chi connectivity index (χ0) is 12.8. The number of rotatable bonds is 2. The lowest BCUT2D eigenvalue weighted by molar-refractivity contribution is 0.162. The Balaban J connectivity index is 2.23. The summed E-state index contributed by atoms with van der Waals surface area (Å²) in [5, 5.41) is 0. The van der Waals surface area contributed by atoms with Crippen molar-refractivity contribution in [3.05, 3.63) is 23.0 Å². The van der Waals surface area contributed by atoms with E-state index in [1.54, 1.807) is 7.11 Å². The Kier molecular flexibility index (Phi) is 2.68. The number of ether oxygens (including phenoxy) is 2. The first-order chi connectivity index (χ1) is 8.64. The topological polar surface area (TPSA) is 39.2 Å². The predicted molar refractivity (Wildman–Crippen MR) is 72.8 cm³/mol. The van der Waals surface area contributed by atoms with Crippen molar-refractivity contribution in [1.82, 2.24) is 9.55 Å². The van der Waals surface area contributed by atoms with Gasteiger partial charge in [-0.3, -0.25) is 0 Å². The molecule has 2 aromatic rings. The first-order valence-electron chi connectivity index (χ1n) is 6.01. The van der Waals surface area contributed by atoms with Gasteiger partial charge in [0.15, 0.2) is 4.77 Å². The van der Waals surface area contributed by atoms with Gasteiger partial charge in [0.25, 0.3) is 0 Å². The van der Waals surface area contributed by atoms with E-state index in [1.807, 2.05) is 18.2 Å². The summed E-state index contributed by atoms with van der Waals surface area (Å²) < 4.78 is 13.7. The van der Waals surface area contributed by atoms with E-state index in [0.29, 0.717) is 6.61 Å². The molecule has 4 nitrogen and oxygen atoms in total. The molecule has 1 N–H and O–H groups in total. The Hall–Kier alpha value is -1.33. The van der Waals surface area contributed by atoms with E-state index in [2.05, 4.69) is 16.5 Å². The smallest absolute Gasteiger partial charge is 0.178 e. The maximum absolute atomic E-state index is 5.53. The van der Waals surface area contributed by atoms with Gasteiger partial charge < -0.3 is 19.0 Å². The molecule has 0 saturated carbocycles. The van der Waals surface area contributed by atoms with Crippen LogP contribution in [0.3, 0.4) is 0 Å². The number of H-pyrrole nitrogens is 1. The number of fused-ring (bicyclic) bond motifs is 1. The summed E-state index contributed by atoms with van der Waals surface area (Å²) in [5.74, 6) is 0.832. The number of hydrogen-bond donors (Lipinski definition) is 1. The van der Waals surface area contributed by atoms with Crippen molar-refractivity contribution >= 4 is 23.3 Å². The van der Waals surface area contributed by atoms with Gasteiger partial charge in [-0.1, -0.05) is 0 Å². The summed E-state index contributed by atoms with van der Waals surface area (Å²) in [6.07, 6.45) is 0.986. The van der Waals surface area contributed by atoms with E-state index in [-0.39, 0.29) is 5.54 Å². The standard InChI is InChI=1S/C13H16N2O2S/c1-13(5-6-17-8-13)15-11-4-3-9(16-2)7-10(11)14-12(15)18/h3-4,7H,5-6,8H2,1-2H3,(H,14,18). The third kappa shape index (κ3) is 1.66. The molecule has 1 fully saturated rings. The fourth-order valence-electron chi connectivity index (χ4n) is 2.59. The van der Waals surface area contributed by atoms with Crippen LogP contribution in [0, 0.1) is 4.77 Å². The molecule has 5 heteroatoms. The normalized spacial score (nSPS) is 23.7. The van der Waals surface area contributed by atoms with Crippen molar-refractivity contribution in [3.63, 3.8) is 0 Å². The molecule has 1 saturated heterocycles. The van der Waals surface area contributed by atoms with Gasteiger partial charge in [0.05, 0.1) is 30.3 Å². The summed E-state index contributed by atoms with van der Waals surface area (Å²) in [6.45, 7) is 3.69. The largest absolute Gasteiger partial charge is 0.497 e. The highest BCUT2D eigenvalue weighted by Crippen LogP contribution is 2.32. The van der Waals surface area contributed by atoms with Gasteiger partial charge >= 0.3 is 0 Å². The second-order valence-electron chi connectivity index (χ2n) is 4.95. The lowest BCUT2D eigenvalue weighted by Gasteiger charge is -2.24. The highest BCUT2D eigenvalue weighted by molar-refractivity contribution is 7.71. The molecule has 1 aliphatic rings. The number of methoxy groups -OCH3 is 1. The van der Waals surface area contributed by atoms with Gasteiger partial charge in [0.2, 0.25) is 0 Å². The molecule has 1 atom stereocenters. The van der Waals surface area contributed by atoms with E-state index in [1.165, 1.54) is 0 Å². The van der Waals surface area contributed by atoms with Crippen LogP contribution >= 0.6 is 12.2 Å². The van der Waals surface area contributed by atoms with Crippen molar-refractivity contribution in [2.45, 2.75) is 18.9 Å². The highest BCUT2D eigenvalue weighted by Gasteiger charge is 2.33. The van der Waals surface area contributed by atoms with E-state index in [0.717, 1.165) is 34.6 Å². The Morgan fingerprint density at radius 3 is 3.00 bits per heavy atom. The lowest BCUT2D eigenvalue weighted by atomic mass is 10.0. The summed E-state index contributed by atoms with van der Waals surface area (Å²) >= 11 is 5.45. The highest BCUT2D eigenvalue weighted by atomic mass is 32.1. The molecular formula is C13H16N2O2S. The van der Waals surface area contributed by atoms with E-state index >= 15 is 0 Å². The van der Waals surface area contributed by atoms with Crippen molar-refractivity contribution < 1.29 is 9.47 Å². The van der Waals surface area contributed by atoms with Crippen molar-refractivity contribution in [3.8, 4) is 5.75 Å². The van der Waals surface area contributed by atoms with Gasteiger partial charge in [0.1, 0.15) is 5.75 Å². The second kappa shape index (κ2) is 4.10. The summed E-state index contributed by atoms with van der Waals surface area (Å²) in [4.78, 5) is 3.25. The Bertz CT molecular complexity index is 638. The van der Waals surface area contributed by atoms with E-state index < -0.39 is 0 Å². The number of nitrogens with one attached hydrogen (secondary N) is 1. The van der Waals surface area contributed by atoms with Crippen LogP contribution in [0.4, 0.5) is 0 Å². The molecule has 3 rings (SSSR count). The number of benzene rings is 1. The summed E-state index contributed by atoms with van der Waals surface area (Å²) in [6, 6.07) is 5.98. The number of nitrogens with zero attached hydrogens (tertiary/aromatic N) is 1. The number of aromatic nitrogens is 2. The third-order valence-electron chi connectivity index (χ3n) is 3.63. The Morgan fingerprint density at radius 1 is 1.50 bits per heavy atom. The van der Waals surface area contributed by atoms with Crippen LogP contribution in [-0.4, -0.2) is 29.9 Å². The minimum atomic E-state index is -0.0517. The van der Waals surface area contributed by atoms with Crippen LogP contribution in [0.5, 0.6) is 5.75 Å². The van der Waals surface area contributed by atoms with Crippen LogP contribution in [0.15, 0.2) is 18.2 Å². The zero-order valence-corrected chi connectivity index (χ0v) is 11.3. The lowest BCUT2D eigenvalue weighted by Crippen LogP contribution is -2.30. The van der Waals surface area contributed by atoms with Crippen molar-refractivity contribution in [1.29, 1.82) is 0 Å². The molecule has 0 spiro atoms. The maximum atomic E-state index is 5.53. The monoisotopic (exact) mass is 264 g/mol. The van der Waals surface area contributed by atoms with Crippen LogP contribution in [0.25, 0.3) is 11.0 Å². The van der Waals surface area contributed by atoms with Crippen molar-refractivity contribution in [2.24, 2.45) is 0 Å². The minimum Gasteiger partial charge on any atom is -0.497 e. The molecule has 1 aromatic heterocycles. The van der Waals surface area contributed by atoms with Crippen LogP contribution in [-0.2, 0) is 10.3 Å². The van der Waals surface area contributed by atoms with E-state index in [4.69, 9.17) is 21.7 Å². The average molecular weight is 264 g/mol. The first-order valence-corrected chi connectivity index (χ1v) is 6.42. The number of aromatic amines is 1. The minimum absolute atomic E-state index is 0.0517. The maximum Gasteiger partial charge on any atom is 0.178 e. The molecule has 1 aromatic carbocycles. The quantitative estimate of drug-likeness (QED) is 0.848. The SMILES string of the molecule is COc1ccc2c(c1)[nH]c(=S)n2C1(C)CCOC1. The zero-order valence-electron chi connectivity index (χ0n) is 10.5. The van der Waals surface area contributed by atoms with Gasteiger partial charge in [-0.15, -0.1) is 0 Å². The van der Waals surface area contributed by atoms with Gasteiger partial charge in [-0.2, -0.15) is 0 Å². The summed E-state index contributed by atoms with van der Waals surface area (Å²) in [7, 11) is 1.67. The fraction of sp³-hybridized carbons (Fsp3) is 0.462. The average Bonchev–Trinajstić information content (AvgIpc) is 2.91. The predicted octanol–water partition coefficient (Wildman–Crippen LogP) is 2.84. The Morgan fingerprint density at radius 2 is 2.33 bits per heavy atom. The third-order valence-corrected chi connectivity index (χ3v) is 3.91. The molecule has 1 aliphatic heterocycles. The van der Waals surface area contributed by atoms with Gasteiger partial charge in [0, 0.05) is 12.7 Å². The molecule has 0 aliphatic carbocycles. The molecular weight excluding hydrogens is 248 g/mol. The molecule has 1 unspecified atom stereocenters. The second-order valence-corrected chi connectivity index (χ2v) is 5.33. The number of hydrogen-bond acceptors (Lipinski definition) is 3.